The zero-order valence-electron chi connectivity index (χ0n) is 22.7. The lowest BCUT2D eigenvalue weighted by atomic mass is 9.80. The molecule has 2 aromatic carbocycles. The Bertz CT molecular complexity index is 1240. The summed E-state index contributed by atoms with van der Waals surface area (Å²) in [6.45, 7) is 6.92. The number of phenols is 1. The van der Waals surface area contributed by atoms with E-state index in [1.807, 2.05) is 35.0 Å². The Labute approximate surface area is 218 Å². The van der Waals surface area contributed by atoms with Gasteiger partial charge in [0.1, 0.15) is 5.75 Å². The predicted molar refractivity (Wildman–Crippen MR) is 139 cm³/mol. The van der Waals surface area contributed by atoms with Gasteiger partial charge in [0.25, 0.3) is 0 Å². The van der Waals surface area contributed by atoms with Crippen molar-refractivity contribution in [3.05, 3.63) is 39.4 Å². The second-order valence-corrected chi connectivity index (χ2v) is 10.4. The number of carbonyl (C=O) groups excluding carboxylic acids is 1. The minimum absolute atomic E-state index is 0.00510. The van der Waals surface area contributed by atoms with Gasteiger partial charge in [0, 0.05) is 48.3 Å². The van der Waals surface area contributed by atoms with Gasteiger partial charge in [-0.1, -0.05) is 6.07 Å². The van der Waals surface area contributed by atoms with E-state index >= 15 is 0 Å². The standard InChI is InChI=1S/C28H37N3O6/c1-14-10-17-8-9-31-19(23(30(5)6)21(17)24(33)25(14)34-7)11-18-22(20(31)12-29-4)28-27(35-13-36-28)15(2)26(18)37-16(3)32/h10,19-20,23,29,33H,8-9,11-13H2,1-7H3/t19?,20-,23-/m0/s1. The van der Waals surface area contributed by atoms with Gasteiger partial charge in [-0.05, 0) is 59.0 Å². The molecule has 0 spiro atoms. The van der Waals surface area contributed by atoms with Crippen LogP contribution in [0.1, 0.15) is 52.4 Å². The number of benzene rings is 2. The number of phenolic OH excluding ortho intramolecular Hbond substituents is 1. The van der Waals surface area contributed by atoms with Gasteiger partial charge in [0.05, 0.1) is 19.2 Å². The molecule has 3 atom stereocenters. The fourth-order valence-corrected chi connectivity index (χ4v) is 6.64. The zero-order valence-corrected chi connectivity index (χ0v) is 22.7. The highest BCUT2D eigenvalue weighted by Gasteiger charge is 2.47. The third-order valence-corrected chi connectivity index (χ3v) is 7.98. The van der Waals surface area contributed by atoms with Gasteiger partial charge in [-0.15, -0.1) is 0 Å². The number of hydrogen-bond donors (Lipinski definition) is 2. The van der Waals surface area contributed by atoms with Crippen molar-refractivity contribution in [1.82, 2.24) is 15.1 Å². The second kappa shape index (κ2) is 9.70. The average molecular weight is 512 g/mol. The molecule has 5 rings (SSSR count). The number of fused-ring (bicyclic) bond motifs is 5. The molecule has 200 valence electrons. The van der Waals surface area contributed by atoms with Crippen LogP contribution in [0.2, 0.25) is 0 Å². The average Bonchev–Trinajstić information content (AvgIpc) is 3.26. The van der Waals surface area contributed by atoms with E-state index in [-0.39, 0.29) is 36.6 Å². The number of hydrogen-bond acceptors (Lipinski definition) is 9. The predicted octanol–water partition coefficient (Wildman–Crippen LogP) is 3.02. The van der Waals surface area contributed by atoms with Crippen molar-refractivity contribution < 1.29 is 28.8 Å². The number of carbonyl (C=O) groups is 1. The number of nitrogens with one attached hydrogen (secondary N) is 1. The first kappa shape index (κ1) is 25.6. The number of esters is 1. The van der Waals surface area contributed by atoms with Crippen LogP contribution in [-0.2, 0) is 17.6 Å². The van der Waals surface area contributed by atoms with Gasteiger partial charge < -0.3 is 34.3 Å². The number of likely N-dealkylation sites (N-methyl/N-ethyl adjacent to an activating group) is 2. The summed E-state index contributed by atoms with van der Waals surface area (Å²) in [4.78, 5) is 16.9. The lowest BCUT2D eigenvalue weighted by Gasteiger charge is -2.47. The molecule has 1 unspecified atom stereocenters. The van der Waals surface area contributed by atoms with Crippen LogP contribution in [0.15, 0.2) is 6.07 Å². The molecule has 0 amide bonds. The first-order valence-electron chi connectivity index (χ1n) is 12.8. The molecule has 0 fully saturated rings. The molecule has 3 heterocycles. The fourth-order valence-electron chi connectivity index (χ4n) is 6.64. The minimum Gasteiger partial charge on any atom is -0.504 e. The quantitative estimate of drug-likeness (QED) is 0.464. The molecular weight excluding hydrogens is 474 g/mol. The molecule has 0 bridgehead atoms. The SMILES string of the molecule is CNC[C@H]1c2c(c(OC(C)=O)c(C)c3c2OCO3)CC2[C@H](N(C)C)c3c(cc(C)c(OC)c3O)CCN21. The van der Waals surface area contributed by atoms with Gasteiger partial charge >= 0.3 is 5.97 Å². The third kappa shape index (κ3) is 4.00. The van der Waals surface area contributed by atoms with Crippen LogP contribution in [0.4, 0.5) is 0 Å². The maximum absolute atomic E-state index is 12.2. The monoisotopic (exact) mass is 511 g/mol. The molecule has 0 saturated heterocycles. The molecule has 3 aliphatic rings. The largest absolute Gasteiger partial charge is 0.504 e. The van der Waals surface area contributed by atoms with E-state index in [0.717, 1.165) is 52.1 Å². The first-order chi connectivity index (χ1) is 17.7. The van der Waals surface area contributed by atoms with E-state index in [1.165, 1.54) is 6.92 Å². The molecule has 3 aliphatic heterocycles. The van der Waals surface area contributed by atoms with Crippen LogP contribution < -0.4 is 24.3 Å². The molecule has 0 radical (unpaired) electrons. The summed E-state index contributed by atoms with van der Waals surface area (Å²) in [5, 5.41) is 14.8. The molecule has 2 aromatic rings. The van der Waals surface area contributed by atoms with Gasteiger partial charge in [0.2, 0.25) is 6.79 Å². The van der Waals surface area contributed by atoms with Crippen LogP contribution in [-0.4, -0.2) is 75.1 Å². The summed E-state index contributed by atoms with van der Waals surface area (Å²) in [5.41, 5.74) is 5.69. The summed E-state index contributed by atoms with van der Waals surface area (Å²) in [7, 11) is 7.63. The van der Waals surface area contributed by atoms with E-state index in [1.54, 1.807) is 7.11 Å². The van der Waals surface area contributed by atoms with Crippen LogP contribution in [0.3, 0.4) is 0 Å². The van der Waals surface area contributed by atoms with Gasteiger partial charge in [0.15, 0.2) is 23.0 Å². The minimum atomic E-state index is -0.370. The van der Waals surface area contributed by atoms with Crippen molar-refractivity contribution in [3.63, 3.8) is 0 Å². The van der Waals surface area contributed by atoms with E-state index in [2.05, 4.69) is 21.2 Å². The first-order valence-corrected chi connectivity index (χ1v) is 12.8. The Kier molecular flexibility index (Phi) is 6.72. The number of methoxy groups -OCH3 is 1. The summed E-state index contributed by atoms with van der Waals surface area (Å²) in [5.74, 6) is 2.29. The maximum atomic E-state index is 12.2. The molecule has 37 heavy (non-hydrogen) atoms. The summed E-state index contributed by atoms with van der Waals surface area (Å²) < 4.78 is 23.4. The topological polar surface area (TPSA) is 92.7 Å². The van der Waals surface area contributed by atoms with Crippen molar-refractivity contribution in [2.45, 2.75) is 51.7 Å². The van der Waals surface area contributed by atoms with Crippen LogP contribution in [0, 0.1) is 13.8 Å². The van der Waals surface area contributed by atoms with Crippen molar-refractivity contribution in [1.29, 1.82) is 0 Å². The normalized spacial score (nSPS) is 22.2. The van der Waals surface area contributed by atoms with E-state index in [9.17, 15) is 9.90 Å². The van der Waals surface area contributed by atoms with Crippen molar-refractivity contribution in [2.24, 2.45) is 0 Å². The number of ether oxygens (including phenoxy) is 4. The lowest BCUT2D eigenvalue weighted by Crippen LogP contribution is -2.51. The molecule has 9 heteroatoms. The Balaban J connectivity index is 1.76. The van der Waals surface area contributed by atoms with Crippen LogP contribution in [0.5, 0.6) is 28.7 Å². The van der Waals surface area contributed by atoms with Gasteiger partial charge in [-0.25, -0.2) is 0 Å². The van der Waals surface area contributed by atoms with Crippen LogP contribution in [0.25, 0.3) is 0 Å². The number of aryl methyl sites for hydroxylation is 1. The van der Waals surface area contributed by atoms with E-state index < -0.39 is 0 Å². The highest BCUT2D eigenvalue weighted by molar-refractivity contribution is 5.74. The maximum Gasteiger partial charge on any atom is 0.308 e. The highest BCUT2D eigenvalue weighted by atomic mass is 16.7. The number of nitrogens with zero attached hydrogens (tertiary/aromatic N) is 2. The summed E-state index contributed by atoms with van der Waals surface area (Å²) in [6, 6.07) is 1.96. The molecule has 0 saturated carbocycles. The lowest BCUT2D eigenvalue weighted by molar-refractivity contribution is -0.132. The molecule has 9 nitrogen and oxygen atoms in total. The van der Waals surface area contributed by atoms with Crippen molar-refractivity contribution >= 4 is 5.97 Å². The van der Waals surface area contributed by atoms with Gasteiger partial charge in [-0.2, -0.15) is 0 Å². The third-order valence-electron chi connectivity index (χ3n) is 7.98. The Hall–Kier alpha value is -3.01. The summed E-state index contributed by atoms with van der Waals surface area (Å²) >= 11 is 0. The number of rotatable bonds is 5. The van der Waals surface area contributed by atoms with E-state index in [4.69, 9.17) is 18.9 Å². The molecule has 2 N–H and O–H groups in total. The van der Waals surface area contributed by atoms with Crippen LogP contribution >= 0.6 is 0 Å². The molecular formula is C28H37N3O6. The zero-order chi connectivity index (χ0) is 26.6. The number of aromatic hydroxyl groups is 1. The summed E-state index contributed by atoms with van der Waals surface area (Å²) in [6.07, 6.45) is 1.40. The van der Waals surface area contributed by atoms with Crippen molar-refractivity contribution in [2.75, 3.05) is 48.1 Å². The Morgan fingerprint density at radius 2 is 1.95 bits per heavy atom. The Morgan fingerprint density at radius 3 is 2.59 bits per heavy atom. The van der Waals surface area contributed by atoms with E-state index in [0.29, 0.717) is 30.2 Å². The molecule has 0 aliphatic carbocycles. The van der Waals surface area contributed by atoms with Crippen molar-refractivity contribution in [3.8, 4) is 28.7 Å². The van der Waals surface area contributed by atoms with Gasteiger partial charge in [-0.3, -0.25) is 9.69 Å². The smallest absolute Gasteiger partial charge is 0.308 e. The molecule has 0 aromatic heterocycles. The fraction of sp³-hybridized carbons (Fsp3) is 0.536. The highest BCUT2D eigenvalue weighted by Crippen LogP contribution is 2.55. The Morgan fingerprint density at radius 1 is 1.22 bits per heavy atom. The second-order valence-electron chi connectivity index (χ2n) is 10.4.